The number of H-pyrrole nitrogens is 1. The predicted molar refractivity (Wildman–Crippen MR) is 74.5 cm³/mol. The van der Waals surface area contributed by atoms with E-state index in [2.05, 4.69) is 39.9 Å². The Balaban J connectivity index is 1.80. The lowest BCUT2D eigenvalue weighted by Gasteiger charge is -2.29. The summed E-state index contributed by atoms with van der Waals surface area (Å²) >= 11 is 0. The Kier molecular flexibility index (Phi) is 2.35. The topological polar surface area (TPSA) is 87.5 Å². The zero-order chi connectivity index (χ0) is 13.5. The maximum atomic E-state index is 4.58. The van der Waals surface area contributed by atoms with Gasteiger partial charge >= 0.3 is 0 Å². The summed E-state index contributed by atoms with van der Waals surface area (Å²) in [6.07, 6.45) is 5.62. The molecule has 2 N–H and O–H groups in total. The van der Waals surface area contributed by atoms with Crippen LogP contribution in [0.25, 0.3) is 11.0 Å². The number of aromatic nitrogens is 6. The number of hydrogen-bond acceptors (Lipinski definition) is 6. The van der Waals surface area contributed by atoms with Crippen LogP contribution < -0.4 is 10.2 Å². The summed E-state index contributed by atoms with van der Waals surface area (Å²) in [5.41, 5.74) is 0.744. The van der Waals surface area contributed by atoms with Crippen molar-refractivity contribution in [2.24, 2.45) is 0 Å². The van der Waals surface area contributed by atoms with Crippen molar-refractivity contribution in [3.05, 3.63) is 24.4 Å². The van der Waals surface area contributed by atoms with Gasteiger partial charge in [-0.1, -0.05) is 0 Å². The highest BCUT2D eigenvalue weighted by Crippen LogP contribution is 2.26. The van der Waals surface area contributed by atoms with Gasteiger partial charge in [0.25, 0.3) is 0 Å². The Morgan fingerprint density at radius 2 is 2.25 bits per heavy atom. The highest BCUT2D eigenvalue weighted by molar-refractivity contribution is 5.87. The van der Waals surface area contributed by atoms with Crippen LogP contribution >= 0.6 is 0 Å². The first-order valence-corrected chi connectivity index (χ1v) is 6.49. The van der Waals surface area contributed by atoms with E-state index < -0.39 is 0 Å². The molecule has 0 fully saturated rings. The average molecular weight is 270 g/mol. The molecular weight excluding hydrogens is 256 g/mol. The molecule has 0 saturated heterocycles. The Labute approximate surface area is 114 Å². The first kappa shape index (κ1) is 11.2. The molecule has 3 aromatic rings. The van der Waals surface area contributed by atoms with Gasteiger partial charge in [0, 0.05) is 32.5 Å². The molecule has 0 unspecified atom stereocenters. The zero-order valence-corrected chi connectivity index (χ0v) is 11.0. The molecule has 1 aliphatic rings. The third kappa shape index (κ3) is 1.61. The molecule has 8 nitrogen and oxygen atoms in total. The van der Waals surface area contributed by atoms with Crippen molar-refractivity contribution in [3.8, 4) is 0 Å². The largest absolute Gasteiger partial charge is 0.357 e. The molecule has 8 heteroatoms. The molecule has 0 radical (unpaired) electrons. The van der Waals surface area contributed by atoms with Crippen molar-refractivity contribution >= 4 is 22.8 Å². The maximum Gasteiger partial charge on any atom is 0.226 e. The van der Waals surface area contributed by atoms with Crippen molar-refractivity contribution in [2.45, 2.75) is 13.1 Å². The van der Waals surface area contributed by atoms with Crippen LogP contribution in [0.4, 0.5) is 11.8 Å². The molecule has 0 spiro atoms. The van der Waals surface area contributed by atoms with Crippen molar-refractivity contribution < 1.29 is 0 Å². The van der Waals surface area contributed by atoms with E-state index in [9.17, 15) is 0 Å². The Bertz CT molecular complexity index is 758. The number of nitrogens with one attached hydrogen (secondary N) is 2. The number of hydrogen-bond donors (Lipinski definition) is 2. The van der Waals surface area contributed by atoms with Gasteiger partial charge in [0.05, 0.1) is 18.1 Å². The second-order valence-corrected chi connectivity index (χ2v) is 4.71. The van der Waals surface area contributed by atoms with Gasteiger partial charge in [0.2, 0.25) is 5.95 Å². The normalized spacial score (nSPS) is 14.6. The monoisotopic (exact) mass is 270 g/mol. The number of imidazole rings is 1. The Hall–Kier alpha value is -2.64. The molecule has 0 saturated carbocycles. The summed E-state index contributed by atoms with van der Waals surface area (Å²) in [5, 5.41) is 10.9. The summed E-state index contributed by atoms with van der Waals surface area (Å²) in [6, 6.07) is 0. The molecule has 0 aliphatic carbocycles. The smallest absolute Gasteiger partial charge is 0.226 e. The lowest BCUT2D eigenvalue weighted by Crippen LogP contribution is -2.34. The zero-order valence-electron chi connectivity index (χ0n) is 11.0. The third-order valence-electron chi connectivity index (χ3n) is 3.56. The quantitative estimate of drug-likeness (QED) is 0.709. The fraction of sp³-hybridized carbons (Fsp3) is 0.333. The number of rotatable bonds is 2. The van der Waals surface area contributed by atoms with Gasteiger partial charge in [-0.25, -0.2) is 4.98 Å². The van der Waals surface area contributed by atoms with Crippen LogP contribution in [0.5, 0.6) is 0 Å². The van der Waals surface area contributed by atoms with E-state index in [4.69, 9.17) is 0 Å². The van der Waals surface area contributed by atoms with Crippen LogP contribution in [0.3, 0.4) is 0 Å². The first-order valence-electron chi connectivity index (χ1n) is 6.49. The third-order valence-corrected chi connectivity index (χ3v) is 3.56. The van der Waals surface area contributed by atoms with Crippen molar-refractivity contribution in [1.29, 1.82) is 0 Å². The molecule has 3 aromatic heterocycles. The van der Waals surface area contributed by atoms with Gasteiger partial charge in [0.15, 0.2) is 5.65 Å². The molecule has 1 aliphatic heterocycles. The number of aromatic amines is 1. The van der Waals surface area contributed by atoms with Gasteiger partial charge in [-0.15, -0.1) is 0 Å². The summed E-state index contributed by atoms with van der Waals surface area (Å²) in [7, 11) is 1.81. The lowest BCUT2D eigenvalue weighted by molar-refractivity contribution is 0.557. The lowest BCUT2D eigenvalue weighted by atomic mass is 10.3. The van der Waals surface area contributed by atoms with Crippen molar-refractivity contribution in [3.63, 3.8) is 0 Å². The first-order chi connectivity index (χ1) is 9.85. The molecule has 0 atom stereocenters. The van der Waals surface area contributed by atoms with Gasteiger partial charge in [0.1, 0.15) is 11.6 Å². The fourth-order valence-electron chi connectivity index (χ4n) is 2.53. The van der Waals surface area contributed by atoms with Crippen LogP contribution in [-0.4, -0.2) is 43.3 Å². The minimum atomic E-state index is 0.589. The number of nitrogens with zero attached hydrogens (tertiary/aromatic N) is 6. The summed E-state index contributed by atoms with van der Waals surface area (Å²) in [4.78, 5) is 15.5. The van der Waals surface area contributed by atoms with E-state index >= 15 is 0 Å². The predicted octanol–water partition coefficient (Wildman–Crippen LogP) is 0.611. The minimum Gasteiger partial charge on any atom is -0.357 e. The molecule has 0 aromatic carbocycles. The molecule has 0 amide bonds. The van der Waals surface area contributed by atoms with Crippen molar-refractivity contribution in [1.82, 2.24) is 29.7 Å². The highest BCUT2D eigenvalue weighted by Gasteiger charge is 2.21. The van der Waals surface area contributed by atoms with E-state index in [-0.39, 0.29) is 0 Å². The van der Waals surface area contributed by atoms with Gasteiger partial charge < -0.3 is 14.8 Å². The van der Waals surface area contributed by atoms with Gasteiger partial charge in [-0.3, -0.25) is 5.10 Å². The molecule has 20 heavy (non-hydrogen) atoms. The van der Waals surface area contributed by atoms with Crippen LogP contribution in [0.15, 0.2) is 18.6 Å². The van der Waals surface area contributed by atoms with Crippen molar-refractivity contribution in [2.75, 3.05) is 23.8 Å². The Morgan fingerprint density at radius 1 is 1.30 bits per heavy atom. The number of anilines is 2. The van der Waals surface area contributed by atoms with Crippen LogP contribution in [0.2, 0.25) is 0 Å². The highest BCUT2D eigenvalue weighted by atomic mass is 15.3. The van der Waals surface area contributed by atoms with Crippen LogP contribution in [0.1, 0.15) is 5.82 Å². The molecule has 102 valence electrons. The minimum absolute atomic E-state index is 0.589. The van der Waals surface area contributed by atoms with Crippen LogP contribution in [-0.2, 0) is 13.1 Å². The summed E-state index contributed by atoms with van der Waals surface area (Å²) in [6.45, 7) is 2.55. The maximum absolute atomic E-state index is 4.58. The van der Waals surface area contributed by atoms with E-state index in [1.54, 1.807) is 6.20 Å². The van der Waals surface area contributed by atoms with E-state index in [1.165, 1.54) is 0 Å². The van der Waals surface area contributed by atoms with E-state index in [0.29, 0.717) is 5.95 Å². The summed E-state index contributed by atoms with van der Waals surface area (Å²) < 4.78 is 2.17. The molecule has 4 heterocycles. The molecular formula is C12H14N8. The molecule has 0 bridgehead atoms. The van der Waals surface area contributed by atoms with Gasteiger partial charge in [-0.05, 0) is 0 Å². The summed E-state index contributed by atoms with van der Waals surface area (Å²) in [5.74, 6) is 2.53. The van der Waals surface area contributed by atoms with E-state index in [1.807, 2.05) is 19.4 Å². The second-order valence-electron chi connectivity index (χ2n) is 4.71. The fourth-order valence-corrected chi connectivity index (χ4v) is 2.53. The van der Waals surface area contributed by atoms with E-state index in [0.717, 1.165) is 42.3 Å². The SMILES string of the molecule is CNc1nc(N2CCn3ccnc3C2)c2cn[nH]c2n1. The standard InChI is InChI=1S/C12H14N8/c1-13-12-16-10-8(6-15-18-10)11(17-12)20-5-4-19-3-2-14-9(19)7-20/h2-3,6H,4-5,7H2,1H3,(H2,13,15,16,17,18). The number of fused-ring (bicyclic) bond motifs is 2. The average Bonchev–Trinajstić information content (AvgIpc) is 3.13. The Morgan fingerprint density at radius 3 is 3.15 bits per heavy atom. The molecule has 4 rings (SSSR count). The van der Waals surface area contributed by atoms with Crippen LogP contribution in [0, 0.1) is 0 Å². The second kappa shape index (κ2) is 4.19. The van der Waals surface area contributed by atoms with Gasteiger partial charge in [-0.2, -0.15) is 15.1 Å².